The molecule has 0 spiro atoms. The number of nitrogens with zero attached hydrogens (tertiary/aromatic N) is 1. The molecule has 1 aliphatic heterocycles. The molecule has 1 aromatic carbocycles. The maximum atomic E-state index is 9.70. The summed E-state index contributed by atoms with van der Waals surface area (Å²) in [6.07, 6.45) is 4.04. The number of phenolic OH excluding ortho intramolecular Hbond substituents is 1. The molecule has 0 aromatic heterocycles. The first-order chi connectivity index (χ1) is 8.84. The molecule has 3 rings (SSSR count). The molecular weight excluding hydrogens is 224 g/mol. The smallest absolute Gasteiger partial charge is 0.115 e. The average molecular weight is 246 g/mol. The van der Waals surface area contributed by atoms with Crippen LogP contribution in [0.1, 0.15) is 30.9 Å². The quantitative estimate of drug-likeness (QED) is 0.857. The molecule has 1 heterocycles. The molecule has 1 aromatic rings. The third-order valence-electron chi connectivity index (χ3n) is 4.35. The molecule has 3 heteroatoms. The van der Waals surface area contributed by atoms with E-state index in [1.807, 2.05) is 12.1 Å². The Morgan fingerprint density at radius 2 is 2.00 bits per heavy atom. The van der Waals surface area contributed by atoms with Crippen LogP contribution in [0.15, 0.2) is 24.3 Å². The minimum Gasteiger partial charge on any atom is -0.508 e. The van der Waals surface area contributed by atoms with Crippen LogP contribution >= 0.6 is 0 Å². The van der Waals surface area contributed by atoms with Gasteiger partial charge in [-0.1, -0.05) is 18.6 Å². The monoisotopic (exact) mass is 246 g/mol. The fourth-order valence-corrected chi connectivity index (χ4v) is 3.21. The van der Waals surface area contributed by atoms with Crippen LogP contribution in [0.2, 0.25) is 0 Å². The lowest BCUT2D eigenvalue weighted by Gasteiger charge is -2.43. The van der Waals surface area contributed by atoms with E-state index >= 15 is 0 Å². The molecule has 2 N–H and O–H groups in total. The van der Waals surface area contributed by atoms with Gasteiger partial charge in [0.2, 0.25) is 0 Å². The first-order valence-electron chi connectivity index (χ1n) is 7.08. The van der Waals surface area contributed by atoms with Gasteiger partial charge in [0.1, 0.15) is 5.75 Å². The van der Waals surface area contributed by atoms with Crippen molar-refractivity contribution in [3.8, 4) is 5.75 Å². The maximum Gasteiger partial charge on any atom is 0.115 e. The normalized spacial score (nSPS) is 23.6. The number of nitrogens with one attached hydrogen (secondary N) is 1. The highest BCUT2D eigenvalue weighted by atomic mass is 16.3. The number of benzene rings is 1. The van der Waals surface area contributed by atoms with Gasteiger partial charge in [0.25, 0.3) is 0 Å². The Balaban J connectivity index is 1.84. The van der Waals surface area contributed by atoms with E-state index in [9.17, 15) is 5.11 Å². The molecule has 2 aliphatic rings. The van der Waals surface area contributed by atoms with E-state index in [-0.39, 0.29) is 0 Å². The third kappa shape index (κ3) is 2.38. The molecule has 1 saturated carbocycles. The van der Waals surface area contributed by atoms with Crippen LogP contribution in [0.5, 0.6) is 5.75 Å². The summed E-state index contributed by atoms with van der Waals surface area (Å²) < 4.78 is 0. The van der Waals surface area contributed by atoms with Crippen molar-refractivity contribution in [2.75, 3.05) is 26.2 Å². The van der Waals surface area contributed by atoms with Gasteiger partial charge in [0.05, 0.1) is 0 Å². The molecule has 18 heavy (non-hydrogen) atoms. The largest absolute Gasteiger partial charge is 0.508 e. The fourth-order valence-electron chi connectivity index (χ4n) is 3.21. The van der Waals surface area contributed by atoms with Crippen LogP contribution in [0.4, 0.5) is 0 Å². The summed E-state index contributed by atoms with van der Waals surface area (Å²) in [7, 11) is 0. The number of aromatic hydroxyl groups is 1. The Morgan fingerprint density at radius 1 is 1.22 bits per heavy atom. The third-order valence-corrected chi connectivity index (χ3v) is 4.35. The minimum atomic E-state index is 0.395. The molecule has 98 valence electrons. The van der Waals surface area contributed by atoms with E-state index < -0.39 is 0 Å². The first-order valence-corrected chi connectivity index (χ1v) is 7.08. The van der Waals surface area contributed by atoms with Crippen molar-refractivity contribution in [2.24, 2.45) is 5.92 Å². The number of phenols is 1. The summed E-state index contributed by atoms with van der Waals surface area (Å²) in [5, 5.41) is 13.1. The molecule has 0 amide bonds. The highest BCUT2D eigenvalue weighted by molar-refractivity contribution is 5.30. The Bertz CT molecular complexity index is 397. The Hall–Kier alpha value is -1.06. The zero-order valence-electron chi connectivity index (χ0n) is 10.8. The fraction of sp³-hybridized carbons (Fsp3) is 0.600. The lowest BCUT2D eigenvalue weighted by Crippen LogP contribution is -2.47. The summed E-state index contributed by atoms with van der Waals surface area (Å²) in [5.41, 5.74) is 1.29. The van der Waals surface area contributed by atoms with Gasteiger partial charge in [-0.05, 0) is 36.5 Å². The van der Waals surface area contributed by atoms with Gasteiger partial charge in [-0.15, -0.1) is 0 Å². The van der Waals surface area contributed by atoms with Gasteiger partial charge in [-0.2, -0.15) is 0 Å². The van der Waals surface area contributed by atoms with Crippen molar-refractivity contribution in [3.05, 3.63) is 29.8 Å². The van der Waals surface area contributed by atoms with Crippen LogP contribution in [-0.4, -0.2) is 36.2 Å². The van der Waals surface area contributed by atoms with Crippen LogP contribution in [0.3, 0.4) is 0 Å². The SMILES string of the molecule is Oc1cccc([C@H](C2CCC2)N2CCNCC2)c1. The van der Waals surface area contributed by atoms with E-state index in [1.54, 1.807) is 6.07 Å². The molecule has 0 unspecified atom stereocenters. The lowest BCUT2D eigenvalue weighted by molar-refractivity contribution is 0.0836. The van der Waals surface area contributed by atoms with Crippen molar-refractivity contribution in [1.29, 1.82) is 0 Å². The van der Waals surface area contributed by atoms with Gasteiger partial charge < -0.3 is 10.4 Å². The molecule has 1 saturated heterocycles. The summed E-state index contributed by atoms with van der Waals surface area (Å²) in [4.78, 5) is 2.59. The van der Waals surface area contributed by atoms with Gasteiger partial charge >= 0.3 is 0 Å². The molecule has 1 atom stereocenters. The van der Waals surface area contributed by atoms with Crippen LogP contribution in [0.25, 0.3) is 0 Å². The number of hydrogen-bond donors (Lipinski definition) is 2. The van der Waals surface area contributed by atoms with Crippen molar-refractivity contribution < 1.29 is 5.11 Å². The van der Waals surface area contributed by atoms with E-state index in [4.69, 9.17) is 0 Å². The molecule has 2 fully saturated rings. The Morgan fingerprint density at radius 3 is 2.61 bits per heavy atom. The predicted octanol–water partition coefficient (Wildman–Crippen LogP) is 2.14. The van der Waals surface area contributed by atoms with Crippen molar-refractivity contribution in [2.45, 2.75) is 25.3 Å². The van der Waals surface area contributed by atoms with Crippen molar-refractivity contribution in [1.82, 2.24) is 10.2 Å². The van der Waals surface area contributed by atoms with Gasteiger partial charge in [0.15, 0.2) is 0 Å². The highest BCUT2D eigenvalue weighted by Crippen LogP contribution is 2.41. The van der Waals surface area contributed by atoms with E-state index in [1.165, 1.54) is 24.8 Å². The van der Waals surface area contributed by atoms with Gasteiger partial charge in [0, 0.05) is 32.2 Å². The molecule has 1 aliphatic carbocycles. The molecule has 0 bridgehead atoms. The second-order valence-electron chi connectivity index (χ2n) is 5.52. The molecular formula is C15H22N2O. The second kappa shape index (κ2) is 5.29. The van der Waals surface area contributed by atoms with Crippen molar-refractivity contribution in [3.63, 3.8) is 0 Å². The van der Waals surface area contributed by atoms with E-state index in [2.05, 4.69) is 16.3 Å². The summed E-state index contributed by atoms with van der Waals surface area (Å²) in [6, 6.07) is 8.36. The van der Waals surface area contributed by atoms with E-state index in [0.29, 0.717) is 11.8 Å². The molecule has 3 nitrogen and oxygen atoms in total. The summed E-state index contributed by atoms with van der Waals surface area (Å²) in [6.45, 7) is 4.41. The zero-order valence-corrected chi connectivity index (χ0v) is 10.8. The number of hydrogen-bond acceptors (Lipinski definition) is 3. The van der Waals surface area contributed by atoms with Gasteiger partial charge in [-0.3, -0.25) is 4.90 Å². The summed E-state index contributed by atoms with van der Waals surface area (Å²) in [5.74, 6) is 1.18. The standard InChI is InChI=1S/C15H22N2O/c18-14-6-2-5-13(11-14)15(12-3-1-4-12)17-9-7-16-8-10-17/h2,5-6,11-12,15-16,18H,1,3-4,7-10H2/t15-/m0/s1. The highest BCUT2D eigenvalue weighted by Gasteiger charge is 2.33. The van der Waals surface area contributed by atoms with Crippen LogP contribution in [0, 0.1) is 5.92 Å². The second-order valence-corrected chi connectivity index (χ2v) is 5.52. The summed E-state index contributed by atoms with van der Waals surface area (Å²) >= 11 is 0. The first kappa shape index (κ1) is 12.0. The van der Waals surface area contributed by atoms with Crippen LogP contribution in [-0.2, 0) is 0 Å². The molecule has 0 radical (unpaired) electrons. The topological polar surface area (TPSA) is 35.5 Å². The zero-order chi connectivity index (χ0) is 12.4. The lowest BCUT2D eigenvalue weighted by atomic mass is 9.76. The average Bonchev–Trinajstić information content (AvgIpc) is 2.34. The number of rotatable bonds is 3. The predicted molar refractivity (Wildman–Crippen MR) is 72.6 cm³/mol. The van der Waals surface area contributed by atoms with Crippen LogP contribution < -0.4 is 5.32 Å². The van der Waals surface area contributed by atoms with E-state index in [0.717, 1.165) is 32.1 Å². The number of piperazine rings is 1. The maximum absolute atomic E-state index is 9.70. The minimum absolute atomic E-state index is 0.395. The Labute approximate surface area is 109 Å². The van der Waals surface area contributed by atoms with Crippen molar-refractivity contribution >= 4 is 0 Å². The van der Waals surface area contributed by atoms with Gasteiger partial charge in [-0.25, -0.2) is 0 Å². The Kier molecular flexibility index (Phi) is 3.52.